The summed E-state index contributed by atoms with van der Waals surface area (Å²) in [6.07, 6.45) is 0. The molecule has 7 nitrogen and oxygen atoms in total. The highest BCUT2D eigenvalue weighted by Gasteiger charge is 2.15. The van der Waals surface area contributed by atoms with Crippen LogP contribution in [0.2, 0.25) is 0 Å². The number of carboxylic acids is 1. The van der Waals surface area contributed by atoms with Crippen LogP contribution in [0.15, 0.2) is 36.4 Å². The topological polar surface area (TPSA) is 97.8 Å². The van der Waals surface area contributed by atoms with Crippen LogP contribution in [-0.4, -0.2) is 42.3 Å². The fraction of sp³-hybridized carbons (Fsp3) is 0.316. The number of rotatable bonds is 8. The van der Waals surface area contributed by atoms with Crippen LogP contribution in [0, 0.1) is 0 Å². The summed E-state index contributed by atoms with van der Waals surface area (Å²) < 4.78 is 10.5. The lowest BCUT2D eigenvalue weighted by molar-refractivity contribution is 0.0696. The molecular formula is C19H22N2O5. The minimum atomic E-state index is -1.08. The number of carbonyl (C=O) groups excluding carboxylic acids is 1. The van der Waals surface area contributed by atoms with Crippen molar-refractivity contribution in [1.29, 1.82) is 0 Å². The quantitative estimate of drug-likeness (QED) is 0.703. The molecule has 26 heavy (non-hydrogen) atoms. The van der Waals surface area contributed by atoms with E-state index in [-0.39, 0.29) is 29.5 Å². The van der Waals surface area contributed by atoms with E-state index in [9.17, 15) is 9.59 Å². The Balaban J connectivity index is 2.25. The van der Waals surface area contributed by atoms with Gasteiger partial charge in [-0.25, -0.2) is 9.78 Å². The SMILES string of the molecule is COCCOc1cc(C(=O)O)ccc1NC(=O)c1cccc(C(C)C)n1. The Morgan fingerprint density at radius 1 is 1.19 bits per heavy atom. The molecule has 0 saturated carbocycles. The summed E-state index contributed by atoms with van der Waals surface area (Å²) in [7, 11) is 1.53. The van der Waals surface area contributed by atoms with Gasteiger partial charge in [-0.1, -0.05) is 19.9 Å². The van der Waals surface area contributed by atoms with Crippen LogP contribution in [0.4, 0.5) is 5.69 Å². The van der Waals surface area contributed by atoms with Gasteiger partial charge in [0.15, 0.2) is 0 Å². The normalized spacial score (nSPS) is 10.6. The number of methoxy groups -OCH3 is 1. The molecule has 2 aromatic rings. The second kappa shape index (κ2) is 8.96. The van der Waals surface area contributed by atoms with Crippen LogP contribution in [0.25, 0.3) is 0 Å². The number of carboxylic acid groups (broad SMARTS) is 1. The Kier molecular flexibility index (Phi) is 6.68. The standard InChI is InChI=1S/C19H22N2O5/c1-12(2)14-5-4-6-16(20-14)18(22)21-15-8-7-13(19(23)24)11-17(15)26-10-9-25-3/h4-8,11-12H,9-10H2,1-3H3,(H,21,22)(H,23,24). The van der Waals surface area contributed by atoms with Gasteiger partial charge in [-0.3, -0.25) is 4.79 Å². The summed E-state index contributed by atoms with van der Waals surface area (Å²) in [6.45, 7) is 4.55. The fourth-order valence-electron chi connectivity index (χ4n) is 2.20. The van der Waals surface area contributed by atoms with Gasteiger partial charge in [0.1, 0.15) is 18.1 Å². The van der Waals surface area contributed by atoms with E-state index in [1.807, 2.05) is 19.9 Å². The highest BCUT2D eigenvalue weighted by atomic mass is 16.5. The summed E-state index contributed by atoms with van der Waals surface area (Å²) in [5.41, 5.74) is 1.53. The highest BCUT2D eigenvalue weighted by Crippen LogP contribution is 2.27. The Hall–Kier alpha value is -2.93. The second-order valence-corrected chi connectivity index (χ2v) is 5.91. The molecule has 0 spiro atoms. The molecule has 0 unspecified atom stereocenters. The van der Waals surface area contributed by atoms with Crippen LogP contribution in [0.3, 0.4) is 0 Å². The van der Waals surface area contributed by atoms with Gasteiger partial charge in [0.05, 0.1) is 17.9 Å². The van der Waals surface area contributed by atoms with Crippen molar-refractivity contribution in [2.24, 2.45) is 0 Å². The molecular weight excluding hydrogens is 336 g/mol. The monoisotopic (exact) mass is 358 g/mol. The predicted molar refractivity (Wildman–Crippen MR) is 97.1 cm³/mol. The van der Waals surface area contributed by atoms with E-state index in [1.54, 1.807) is 12.1 Å². The molecule has 1 amide bonds. The van der Waals surface area contributed by atoms with E-state index >= 15 is 0 Å². The number of nitrogens with one attached hydrogen (secondary N) is 1. The molecule has 0 bridgehead atoms. The average Bonchev–Trinajstić information content (AvgIpc) is 2.63. The molecule has 7 heteroatoms. The second-order valence-electron chi connectivity index (χ2n) is 5.91. The first kappa shape index (κ1) is 19.4. The van der Waals surface area contributed by atoms with Gasteiger partial charge >= 0.3 is 5.97 Å². The molecule has 0 radical (unpaired) electrons. The van der Waals surface area contributed by atoms with E-state index in [1.165, 1.54) is 25.3 Å². The molecule has 0 saturated heterocycles. The maximum absolute atomic E-state index is 12.5. The van der Waals surface area contributed by atoms with Crippen molar-refractivity contribution in [2.75, 3.05) is 25.6 Å². The number of hydrogen-bond acceptors (Lipinski definition) is 5. The zero-order chi connectivity index (χ0) is 19.1. The molecule has 0 aliphatic carbocycles. The molecule has 0 aliphatic rings. The minimum Gasteiger partial charge on any atom is -0.489 e. The Bertz CT molecular complexity index is 789. The van der Waals surface area contributed by atoms with Crippen LogP contribution >= 0.6 is 0 Å². The Morgan fingerprint density at radius 2 is 1.96 bits per heavy atom. The zero-order valence-electron chi connectivity index (χ0n) is 15.0. The zero-order valence-corrected chi connectivity index (χ0v) is 15.0. The lowest BCUT2D eigenvalue weighted by Gasteiger charge is -2.13. The third kappa shape index (κ3) is 5.03. The molecule has 0 aliphatic heterocycles. The summed E-state index contributed by atoms with van der Waals surface area (Å²) in [4.78, 5) is 28.0. The Morgan fingerprint density at radius 3 is 2.62 bits per heavy atom. The smallest absolute Gasteiger partial charge is 0.335 e. The van der Waals surface area contributed by atoms with Crippen molar-refractivity contribution < 1.29 is 24.2 Å². The van der Waals surface area contributed by atoms with Gasteiger partial charge in [0.25, 0.3) is 5.91 Å². The number of aromatic carboxylic acids is 1. The van der Waals surface area contributed by atoms with Gasteiger partial charge < -0.3 is 19.9 Å². The van der Waals surface area contributed by atoms with E-state index < -0.39 is 11.9 Å². The fourth-order valence-corrected chi connectivity index (χ4v) is 2.20. The first-order valence-electron chi connectivity index (χ1n) is 8.19. The van der Waals surface area contributed by atoms with Crippen LogP contribution in [-0.2, 0) is 4.74 Å². The molecule has 138 valence electrons. The average molecular weight is 358 g/mol. The number of hydrogen-bond donors (Lipinski definition) is 2. The molecule has 1 aromatic carbocycles. The lowest BCUT2D eigenvalue weighted by Crippen LogP contribution is -2.16. The van der Waals surface area contributed by atoms with Crippen LogP contribution < -0.4 is 10.1 Å². The summed E-state index contributed by atoms with van der Waals surface area (Å²) in [5.74, 6) is -1.02. The summed E-state index contributed by atoms with van der Waals surface area (Å²) >= 11 is 0. The van der Waals surface area contributed by atoms with Crippen LogP contribution in [0.1, 0.15) is 46.3 Å². The third-order valence-corrected chi connectivity index (χ3v) is 3.62. The van der Waals surface area contributed by atoms with Crippen molar-refractivity contribution in [2.45, 2.75) is 19.8 Å². The van der Waals surface area contributed by atoms with E-state index in [2.05, 4.69) is 10.3 Å². The largest absolute Gasteiger partial charge is 0.489 e. The predicted octanol–water partition coefficient (Wildman–Crippen LogP) is 3.18. The van der Waals surface area contributed by atoms with Crippen LogP contribution in [0.5, 0.6) is 5.75 Å². The number of carbonyl (C=O) groups is 2. The first-order valence-corrected chi connectivity index (χ1v) is 8.19. The number of amides is 1. The molecule has 1 aromatic heterocycles. The van der Waals surface area contributed by atoms with Crippen molar-refractivity contribution in [3.05, 3.63) is 53.3 Å². The number of benzene rings is 1. The molecule has 2 rings (SSSR count). The van der Waals surface area contributed by atoms with E-state index in [0.717, 1.165) is 5.69 Å². The minimum absolute atomic E-state index is 0.0651. The van der Waals surface area contributed by atoms with Gasteiger partial charge in [0.2, 0.25) is 0 Å². The first-order chi connectivity index (χ1) is 12.4. The number of nitrogens with zero attached hydrogens (tertiary/aromatic N) is 1. The van der Waals surface area contributed by atoms with Gasteiger partial charge in [-0.15, -0.1) is 0 Å². The van der Waals surface area contributed by atoms with Gasteiger partial charge in [-0.2, -0.15) is 0 Å². The molecule has 1 heterocycles. The van der Waals surface area contributed by atoms with Crippen molar-refractivity contribution >= 4 is 17.6 Å². The van der Waals surface area contributed by atoms with Crippen molar-refractivity contribution in [3.8, 4) is 5.75 Å². The maximum Gasteiger partial charge on any atom is 0.335 e. The van der Waals surface area contributed by atoms with Crippen molar-refractivity contribution in [3.63, 3.8) is 0 Å². The number of anilines is 1. The lowest BCUT2D eigenvalue weighted by atomic mass is 10.1. The highest BCUT2D eigenvalue weighted by molar-refractivity contribution is 6.04. The summed E-state index contributed by atoms with van der Waals surface area (Å²) in [5, 5.41) is 11.9. The Labute approximate surface area is 152 Å². The molecule has 2 N–H and O–H groups in total. The van der Waals surface area contributed by atoms with Gasteiger partial charge in [0, 0.05) is 12.8 Å². The number of aromatic nitrogens is 1. The van der Waals surface area contributed by atoms with Gasteiger partial charge in [-0.05, 0) is 36.2 Å². The van der Waals surface area contributed by atoms with Crippen molar-refractivity contribution in [1.82, 2.24) is 4.98 Å². The molecule has 0 atom stereocenters. The third-order valence-electron chi connectivity index (χ3n) is 3.62. The summed E-state index contributed by atoms with van der Waals surface area (Å²) in [6, 6.07) is 9.53. The molecule has 0 fully saturated rings. The van der Waals surface area contributed by atoms with E-state index in [0.29, 0.717) is 12.3 Å². The number of ether oxygens (including phenoxy) is 2. The maximum atomic E-state index is 12.5. The van der Waals surface area contributed by atoms with E-state index in [4.69, 9.17) is 14.6 Å². The number of pyridine rings is 1.